The molecule has 2 atom stereocenters. The van der Waals surface area contributed by atoms with Gasteiger partial charge in [0.1, 0.15) is 11.6 Å². The molecule has 0 saturated heterocycles. The molecule has 1 N–H and O–H groups in total. The third-order valence-corrected chi connectivity index (χ3v) is 4.14. The molecule has 0 aliphatic heterocycles. The Hall–Kier alpha value is -0.900. The van der Waals surface area contributed by atoms with E-state index in [0.29, 0.717) is 17.9 Å². The van der Waals surface area contributed by atoms with E-state index < -0.39 is 11.6 Å². The summed E-state index contributed by atoms with van der Waals surface area (Å²) in [6, 6.07) is 7.38. The number of benzene rings is 1. The van der Waals surface area contributed by atoms with Crippen LogP contribution in [0.15, 0.2) is 24.3 Å². The maximum atomic E-state index is 12.5. The van der Waals surface area contributed by atoms with Gasteiger partial charge in [0.25, 0.3) is 0 Å². The van der Waals surface area contributed by atoms with E-state index in [-0.39, 0.29) is 5.78 Å². The molecule has 2 rings (SSSR count). The Morgan fingerprint density at radius 3 is 2.67 bits per heavy atom. The van der Waals surface area contributed by atoms with E-state index >= 15 is 0 Å². The van der Waals surface area contributed by atoms with Gasteiger partial charge >= 0.3 is 0 Å². The predicted octanol–water partition coefficient (Wildman–Crippen LogP) is 2.21. The van der Waals surface area contributed by atoms with E-state index in [1.165, 1.54) is 0 Å². The summed E-state index contributed by atoms with van der Waals surface area (Å²) in [4.78, 5) is 14.4. The third kappa shape index (κ3) is 1.96. The van der Waals surface area contributed by atoms with Gasteiger partial charge < -0.3 is 5.11 Å². The van der Waals surface area contributed by atoms with Crippen molar-refractivity contribution in [3.63, 3.8) is 0 Å². The van der Waals surface area contributed by atoms with Crippen molar-refractivity contribution in [2.45, 2.75) is 30.9 Å². The summed E-state index contributed by atoms with van der Waals surface area (Å²) in [5, 5.41) is 10.5. The van der Waals surface area contributed by atoms with Gasteiger partial charge in [-0.1, -0.05) is 29.8 Å². The number of ketones is 1. The lowest BCUT2D eigenvalue weighted by atomic mass is 9.73. The Morgan fingerprint density at radius 2 is 2.06 bits per heavy atom. The second kappa shape index (κ2) is 5.00. The molecule has 18 heavy (non-hydrogen) atoms. The van der Waals surface area contributed by atoms with Gasteiger partial charge in [-0.2, -0.15) is 0 Å². The number of halogens is 1. The minimum absolute atomic E-state index is 0.146. The fourth-order valence-corrected chi connectivity index (χ4v) is 3.12. The Bertz CT molecular complexity index is 461. The molecule has 98 valence electrons. The van der Waals surface area contributed by atoms with Gasteiger partial charge in [-0.05, 0) is 45.0 Å². The van der Waals surface area contributed by atoms with Crippen molar-refractivity contribution in [1.82, 2.24) is 4.90 Å². The minimum atomic E-state index is -0.891. The van der Waals surface area contributed by atoms with E-state index in [0.717, 1.165) is 12.0 Å². The molecule has 1 fully saturated rings. The molecule has 1 aromatic carbocycles. The van der Waals surface area contributed by atoms with Gasteiger partial charge in [0.05, 0.1) is 0 Å². The van der Waals surface area contributed by atoms with E-state index in [4.69, 9.17) is 11.6 Å². The van der Waals surface area contributed by atoms with Crippen LogP contribution in [0.4, 0.5) is 0 Å². The van der Waals surface area contributed by atoms with Gasteiger partial charge in [0.2, 0.25) is 0 Å². The first-order valence-corrected chi connectivity index (χ1v) is 6.53. The molecule has 3 nitrogen and oxygen atoms in total. The lowest BCUT2D eigenvalue weighted by Crippen LogP contribution is -2.55. The largest absolute Gasteiger partial charge is 0.385 e. The number of rotatable bonds is 2. The molecule has 0 unspecified atom stereocenters. The van der Waals surface area contributed by atoms with Crippen LogP contribution in [0, 0.1) is 0 Å². The number of carbonyl (C=O) groups excluding carboxylic acids is 1. The van der Waals surface area contributed by atoms with Crippen LogP contribution in [-0.2, 0) is 10.3 Å². The first-order chi connectivity index (χ1) is 8.50. The lowest BCUT2D eigenvalue weighted by Gasteiger charge is -2.43. The summed E-state index contributed by atoms with van der Waals surface area (Å²) in [7, 11) is 3.72. The maximum absolute atomic E-state index is 12.5. The monoisotopic (exact) mass is 267 g/mol. The first kappa shape index (κ1) is 13.5. The van der Waals surface area contributed by atoms with Crippen LogP contribution in [0.1, 0.15) is 24.8 Å². The van der Waals surface area contributed by atoms with Crippen molar-refractivity contribution < 1.29 is 9.90 Å². The average molecular weight is 268 g/mol. The van der Waals surface area contributed by atoms with Crippen molar-refractivity contribution >= 4 is 17.4 Å². The highest BCUT2D eigenvalue weighted by Crippen LogP contribution is 2.41. The number of hydrogen-bond donors (Lipinski definition) is 1. The normalized spacial score (nSPS) is 28.7. The van der Waals surface area contributed by atoms with Crippen LogP contribution >= 0.6 is 11.6 Å². The van der Waals surface area contributed by atoms with Crippen molar-refractivity contribution in [3.8, 4) is 0 Å². The summed E-state index contributed by atoms with van der Waals surface area (Å²) in [5.74, 6) is -0.146. The van der Waals surface area contributed by atoms with Crippen LogP contribution in [0.25, 0.3) is 0 Å². The fourth-order valence-electron chi connectivity index (χ4n) is 2.83. The topological polar surface area (TPSA) is 40.5 Å². The molecular weight excluding hydrogens is 250 g/mol. The van der Waals surface area contributed by atoms with Gasteiger partial charge in [-0.25, -0.2) is 0 Å². The van der Waals surface area contributed by atoms with E-state index in [1.54, 1.807) is 6.07 Å². The maximum Gasteiger partial charge on any atom is 0.185 e. The molecule has 1 aliphatic carbocycles. The van der Waals surface area contributed by atoms with Crippen LogP contribution < -0.4 is 0 Å². The zero-order chi connectivity index (χ0) is 13.3. The molecule has 0 aromatic heterocycles. The van der Waals surface area contributed by atoms with Crippen LogP contribution in [0.2, 0.25) is 5.02 Å². The zero-order valence-corrected chi connectivity index (χ0v) is 11.4. The van der Waals surface area contributed by atoms with Gasteiger partial charge in [-0.3, -0.25) is 9.69 Å². The van der Waals surface area contributed by atoms with Crippen LogP contribution in [-0.4, -0.2) is 36.0 Å². The Balaban J connectivity index is 2.58. The highest BCUT2D eigenvalue weighted by Gasteiger charge is 2.48. The molecule has 1 aromatic rings. The summed E-state index contributed by atoms with van der Waals surface area (Å²) < 4.78 is 0. The first-order valence-electron chi connectivity index (χ1n) is 6.15. The molecule has 0 bridgehead atoms. The van der Waals surface area contributed by atoms with Gasteiger partial charge in [0.15, 0.2) is 5.78 Å². The summed E-state index contributed by atoms with van der Waals surface area (Å²) in [6.07, 6.45) is 1.16. The Kier molecular flexibility index (Phi) is 3.76. The minimum Gasteiger partial charge on any atom is -0.385 e. The van der Waals surface area contributed by atoms with Crippen molar-refractivity contribution in [1.29, 1.82) is 0 Å². The number of Topliss-reactive ketones (excluding diaryl/α,β-unsaturated/α-hetero) is 1. The predicted molar refractivity (Wildman–Crippen MR) is 71.7 cm³/mol. The third-order valence-electron chi connectivity index (χ3n) is 3.81. The van der Waals surface area contributed by atoms with Crippen molar-refractivity contribution in [2.24, 2.45) is 0 Å². The molecule has 0 heterocycles. The quantitative estimate of drug-likeness (QED) is 0.893. The Labute approximate surface area is 112 Å². The van der Waals surface area contributed by atoms with E-state index in [9.17, 15) is 9.90 Å². The second-order valence-electron chi connectivity index (χ2n) is 5.01. The molecule has 0 amide bonds. The number of aliphatic hydroxyl groups excluding tert-OH is 1. The van der Waals surface area contributed by atoms with Gasteiger partial charge in [-0.15, -0.1) is 0 Å². The molecule has 1 saturated carbocycles. The van der Waals surface area contributed by atoms with Crippen molar-refractivity contribution in [3.05, 3.63) is 34.9 Å². The Morgan fingerprint density at radius 1 is 1.39 bits per heavy atom. The van der Waals surface area contributed by atoms with E-state index in [1.807, 2.05) is 37.2 Å². The standard InChI is InChI=1S/C14H18ClNO2/c1-16(2)14(9-5-8-12(17)13(14)18)10-6-3-4-7-11(10)15/h3-4,6-7,12,17H,5,8-9H2,1-2H3/t12-,14-/m1/s1. The SMILES string of the molecule is CN(C)[C@@]1(c2ccccc2Cl)CCC[C@@H](O)C1=O. The summed E-state index contributed by atoms with van der Waals surface area (Å²) in [5.41, 5.74) is -0.00357. The van der Waals surface area contributed by atoms with E-state index in [2.05, 4.69) is 0 Å². The summed E-state index contributed by atoms with van der Waals surface area (Å²) >= 11 is 6.24. The highest BCUT2D eigenvalue weighted by molar-refractivity contribution is 6.31. The molecule has 0 spiro atoms. The lowest BCUT2D eigenvalue weighted by molar-refractivity contribution is -0.143. The zero-order valence-electron chi connectivity index (χ0n) is 10.7. The molecule has 0 radical (unpaired) electrons. The number of hydrogen-bond acceptors (Lipinski definition) is 3. The number of aliphatic hydroxyl groups is 1. The average Bonchev–Trinajstić information content (AvgIpc) is 2.33. The number of nitrogens with zero attached hydrogens (tertiary/aromatic N) is 1. The van der Waals surface area contributed by atoms with Gasteiger partial charge in [0, 0.05) is 5.02 Å². The fraction of sp³-hybridized carbons (Fsp3) is 0.500. The highest BCUT2D eigenvalue weighted by atomic mass is 35.5. The summed E-state index contributed by atoms with van der Waals surface area (Å²) in [6.45, 7) is 0. The number of likely N-dealkylation sites (N-methyl/N-ethyl adjacent to an activating group) is 1. The smallest absolute Gasteiger partial charge is 0.185 e. The molecular formula is C14H18ClNO2. The second-order valence-corrected chi connectivity index (χ2v) is 5.41. The van der Waals surface area contributed by atoms with Crippen LogP contribution in [0.5, 0.6) is 0 Å². The molecule has 1 aliphatic rings. The number of carbonyl (C=O) groups is 1. The molecule has 4 heteroatoms. The van der Waals surface area contributed by atoms with Crippen molar-refractivity contribution in [2.75, 3.05) is 14.1 Å². The van der Waals surface area contributed by atoms with Crippen LogP contribution in [0.3, 0.4) is 0 Å².